The molecule has 1 aliphatic heterocycles. The molecule has 1 aromatic carbocycles. The van der Waals surface area contributed by atoms with Crippen LogP contribution in [0.3, 0.4) is 0 Å². The Kier molecular flexibility index (Phi) is 1.91. The van der Waals surface area contributed by atoms with E-state index < -0.39 is 5.06 Å². The van der Waals surface area contributed by atoms with Gasteiger partial charge in [0.15, 0.2) is 0 Å². The number of hydrogen-bond acceptors (Lipinski definition) is 1. The lowest BCUT2D eigenvalue weighted by Gasteiger charge is -2.30. The van der Waals surface area contributed by atoms with E-state index in [1.807, 2.05) is 12.1 Å². The quantitative estimate of drug-likeness (QED) is 0.500. The first kappa shape index (κ1) is 10.7. The van der Waals surface area contributed by atoms with Crippen molar-refractivity contribution in [1.82, 2.24) is 0 Å². The number of ether oxygens (including phenoxy) is 1. The third-order valence-electron chi connectivity index (χ3n) is 3.37. The summed E-state index contributed by atoms with van der Waals surface area (Å²) < 4.78 is 5.47. The number of benzene rings is 1. The van der Waals surface area contributed by atoms with Gasteiger partial charge in [-0.15, -0.1) is 0 Å². The molecule has 2 unspecified atom stereocenters. The summed E-state index contributed by atoms with van der Waals surface area (Å²) in [5.74, 6) is 0. The SMILES string of the molecule is ClC1=CC2=C(c3c2ccc(Cl)c3Cl)C2OC12Cl. The van der Waals surface area contributed by atoms with Gasteiger partial charge in [0.2, 0.25) is 5.06 Å². The molecule has 4 rings (SSSR count). The van der Waals surface area contributed by atoms with E-state index in [1.54, 1.807) is 6.07 Å². The highest BCUT2D eigenvalue weighted by Gasteiger charge is 2.64. The Morgan fingerprint density at radius 1 is 1.18 bits per heavy atom. The van der Waals surface area contributed by atoms with Gasteiger partial charge >= 0.3 is 0 Å². The van der Waals surface area contributed by atoms with Crippen LogP contribution in [0.25, 0.3) is 11.1 Å². The topological polar surface area (TPSA) is 12.5 Å². The van der Waals surface area contributed by atoms with Gasteiger partial charge in [0, 0.05) is 11.1 Å². The second-order valence-electron chi connectivity index (χ2n) is 4.25. The highest BCUT2D eigenvalue weighted by atomic mass is 35.5. The Morgan fingerprint density at radius 2 is 1.94 bits per heavy atom. The number of allylic oxidation sites excluding steroid dienone is 2. The summed E-state index contributed by atoms with van der Waals surface area (Å²) in [5, 5.41) is 0.755. The van der Waals surface area contributed by atoms with Crippen molar-refractivity contribution in [3.8, 4) is 0 Å². The van der Waals surface area contributed by atoms with Gasteiger partial charge in [0.1, 0.15) is 6.10 Å². The number of halogens is 4. The third-order valence-corrected chi connectivity index (χ3v) is 5.15. The molecule has 0 saturated carbocycles. The normalized spacial score (nSPS) is 32.2. The van der Waals surface area contributed by atoms with E-state index in [-0.39, 0.29) is 6.10 Å². The van der Waals surface area contributed by atoms with Gasteiger partial charge < -0.3 is 4.74 Å². The van der Waals surface area contributed by atoms with Crippen molar-refractivity contribution in [2.24, 2.45) is 0 Å². The molecule has 2 aliphatic carbocycles. The minimum atomic E-state index is -0.871. The molecule has 1 heterocycles. The lowest BCUT2D eigenvalue weighted by Crippen LogP contribution is -2.20. The molecule has 17 heavy (non-hydrogen) atoms. The number of rotatable bonds is 0. The third kappa shape index (κ3) is 1.13. The summed E-state index contributed by atoms with van der Waals surface area (Å²) in [6.45, 7) is 0. The Morgan fingerprint density at radius 3 is 2.71 bits per heavy atom. The van der Waals surface area contributed by atoms with Crippen LogP contribution in [0.2, 0.25) is 10.0 Å². The summed E-state index contributed by atoms with van der Waals surface area (Å²) in [6.07, 6.45) is 1.65. The molecule has 0 aromatic heterocycles. The summed E-state index contributed by atoms with van der Waals surface area (Å²) in [6, 6.07) is 3.72. The fraction of sp³-hybridized carbons (Fsp3) is 0.167. The summed E-state index contributed by atoms with van der Waals surface area (Å²) >= 11 is 24.5. The summed E-state index contributed by atoms with van der Waals surface area (Å²) in [7, 11) is 0. The van der Waals surface area contributed by atoms with E-state index in [0.717, 1.165) is 22.3 Å². The minimum Gasteiger partial charge on any atom is -0.339 e. The van der Waals surface area contributed by atoms with Gasteiger partial charge in [-0.25, -0.2) is 0 Å². The maximum absolute atomic E-state index is 6.22. The fourth-order valence-electron chi connectivity index (χ4n) is 2.47. The number of alkyl halides is 1. The molecule has 86 valence electrons. The molecule has 5 heteroatoms. The molecule has 0 amide bonds. The van der Waals surface area contributed by atoms with Crippen molar-refractivity contribution in [2.75, 3.05) is 0 Å². The largest absolute Gasteiger partial charge is 0.339 e. The molecule has 3 aliphatic rings. The van der Waals surface area contributed by atoms with E-state index in [0.29, 0.717) is 15.1 Å². The highest BCUT2D eigenvalue weighted by molar-refractivity contribution is 6.46. The van der Waals surface area contributed by atoms with Crippen molar-refractivity contribution in [1.29, 1.82) is 0 Å². The Labute approximate surface area is 118 Å². The lowest BCUT2D eigenvalue weighted by atomic mass is 9.75. The fourth-order valence-corrected chi connectivity index (χ4v) is 3.40. The van der Waals surface area contributed by atoms with Crippen molar-refractivity contribution in [3.63, 3.8) is 0 Å². The molecule has 1 saturated heterocycles. The molecule has 1 nitrogen and oxygen atoms in total. The van der Waals surface area contributed by atoms with Crippen LogP contribution in [0.4, 0.5) is 0 Å². The zero-order valence-corrected chi connectivity index (χ0v) is 11.3. The standard InChI is InChI=1S/C12H4Cl4O/c13-6-2-1-4-5-3-7(14)12(16)11(17-12)9(5)8(4)10(6)15/h1-3,11H. The van der Waals surface area contributed by atoms with Gasteiger partial charge in [-0.3, -0.25) is 0 Å². The molecule has 0 bridgehead atoms. The van der Waals surface area contributed by atoms with Gasteiger partial charge in [0.25, 0.3) is 0 Å². The zero-order valence-electron chi connectivity index (χ0n) is 8.23. The molecule has 0 N–H and O–H groups in total. The van der Waals surface area contributed by atoms with Crippen LogP contribution in [0.15, 0.2) is 23.2 Å². The van der Waals surface area contributed by atoms with Crippen LogP contribution < -0.4 is 0 Å². The Bertz CT molecular complexity index is 646. The van der Waals surface area contributed by atoms with E-state index >= 15 is 0 Å². The van der Waals surface area contributed by atoms with Crippen molar-refractivity contribution < 1.29 is 4.74 Å². The van der Waals surface area contributed by atoms with Crippen LogP contribution in [-0.4, -0.2) is 11.2 Å². The average Bonchev–Trinajstić information content (AvgIpc) is 2.94. The van der Waals surface area contributed by atoms with Crippen LogP contribution in [0, 0.1) is 0 Å². The van der Waals surface area contributed by atoms with E-state index in [1.165, 1.54) is 0 Å². The van der Waals surface area contributed by atoms with Gasteiger partial charge in [-0.1, -0.05) is 52.5 Å². The van der Waals surface area contributed by atoms with Crippen LogP contribution >= 0.6 is 46.4 Å². The Balaban J connectivity index is 1.96. The summed E-state index contributed by atoms with van der Waals surface area (Å²) in [5.41, 5.74) is 4.08. The van der Waals surface area contributed by atoms with E-state index in [4.69, 9.17) is 51.1 Å². The number of epoxide rings is 1. The molecule has 1 fully saturated rings. The average molecular weight is 306 g/mol. The zero-order chi connectivity index (χ0) is 11.9. The maximum atomic E-state index is 6.22. The summed E-state index contributed by atoms with van der Waals surface area (Å²) in [4.78, 5) is 0. The van der Waals surface area contributed by atoms with Crippen molar-refractivity contribution >= 4 is 57.5 Å². The van der Waals surface area contributed by atoms with Gasteiger partial charge in [-0.2, -0.15) is 0 Å². The first-order chi connectivity index (χ1) is 8.04. The van der Waals surface area contributed by atoms with Crippen LogP contribution in [0.5, 0.6) is 0 Å². The predicted octanol–water partition coefficient (Wildman–Crippen LogP) is 4.69. The first-order valence-electron chi connectivity index (χ1n) is 5.01. The Hall–Kier alpha value is -0.180. The second-order valence-corrected chi connectivity index (χ2v) is 6.00. The molecule has 2 atom stereocenters. The molecular formula is C12H4Cl4O. The van der Waals surface area contributed by atoms with Crippen LogP contribution in [-0.2, 0) is 4.74 Å². The van der Waals surface area contributed by atoms with Gasteiger partial charge in [0.05, 0.1) is 15.1 Å². The smallest absolute Gasteiger partial charge is 0.209 e. The second kappa shape index (κ2) is 3.04. The van der Waals surface area contributed by atoms with E-state index in [2.05, 4.69) is 0 Å². The molecule has 0 radical (unpaired) electrons. The maximum Gasteiger partial charge on any atom is 0.209 e. The first-order valence-corrected chi connectivity index (χ1v) is 6.52. The van der Waals surface area contributed by atoms with Crippen molar-refractivity contribution in [2.45, 2.75) is 11.2 Å². The van der Waals surface area contributed by atoms with Gasteiger partial charge in [-0.05, 0) is 23.3 Å². The highest BCUT2D eigenvalue weighted by Crippen LogP contribution is 2.64. The minimum absolute atomic E-state index is 0.194. The van der Waals surface area contributed by atoms with Crippen LogP contribution in [0.1, 0.15) is 11.1 Å². The predicted molar refractivity (Wildman–Crippen MR) is 70.7 cm³/mol. The lowest BCUT2D eigenvalue weighted by molar-refractivity contribution is 0.396. The molecule has 1 aromatic rings. The number of hydrogen-bond donors (Lipinski definition) is 0. The van der Waals surface area contributed by atoms with Crippen molar-refractivity contribution in [3.05, 3.63) is 44.4 Å². The molecule has 0 spiro atoms. The number of fused-ring (bicyclic) bond motifs is 5. The molecular weight excluding hydrogens is 302 g/mol. The monoisotopic (exact) mass is 304 g/mol. The van der Waals surface area contributed by atoms with E-state index in [9.17, 15) is 0 Å².